The summed E-state index contributed by atoms with van der Waals surface area (Å²) in [6.45, 7) is 1.02. The first-order valence-corrected chi connectivity index (χ1v) is 6.50. The monoisotopic (exact) mass is 209 g/mol. The van der Waals surface area contributed by atoms with Gasteiger partial charge in [-0.2, -0.15) is 0 Å². The van der Waals surface area contributed by atoms with Crippen molar-refractivity contribution in [1.82, 2.24) is 4.90 Å². The molecule has 0 heterocycles. The van der Waals surface area contributed by atoms with E-state index in [1.807, 2.05) is 0 Å². The third-order valence-corrected chi connectivity index (χ3v) is 4.14. The summed E-state index contributed by atoms with van der Waals surface area (Å²) in [4.78, 5) is 14.2. The summed E-state index contributed by atoms with van der Waals surface area (Å²) in [6.07, 6.45) is 9.81. The average Bonchev–Trinajstić information content (AvgIpc) is 2.74. The van der Waals surface area contributed by atoms with Gasteiger partial charge in [-0.05, 0) is 32.7 Å². The van der Waals surface area contributed by atoms with Crippen LogP contribution in [0.4, 0.5) is 0 Å². The van der Waals surface area contributed by atoms with Crippen LogP contribution >= 0.6 is 0 Å². The SMILES string of the molecule is CN(CC1CCCCC1=O)C1CCCC1. The van der Waals surface area contributed by atoms with Crippen molar-refractivity contribution in [2.75, 3.05) is 13.6 Å². The molecule has 2 saturated carbocycles. The minimum atomic E-state index is 0.351. The number of Topliss-reactive ketones (excluding diaryl/α,β-unsaturated/α-hetero) is 1. The van der Waals surface area contributed by atoms with Crippen molar-refractivity contribution in [3.05, 3.63) is 0 Å². The molecule has 1 atom stereocenters. The van der Waals surface area contributed by atoms with Crippen molar-refractivity contribution >= 4 is 5.78 Å². The topological polar surface area (TPSA) is 20.3 Å². The maximum Gasteiger partial charge on any atom is 0.137 e. The van der Waals surface area contributed by atoms with Gasteiger partial charge in [0.1, 0.15) is 5.78 Å². The van der Waals surface area contributed by atoms with Gasteiger partial charge in [0.15, 0.2) is 0 Å². The summed E-state index contributed by atoms with van der Waals surface area (Å²) in [6, 6.07) is 0.764. The van der Waals surface area contributed by atoms with Crippen molar-refractivity contribution in [3.63, 3.8) is 0 Å². The van der Waals surface area contributed by atoms with Crippen LogP contribution in [0.15, 0.2) is 0 Å². The Balaban J connectivity index is 1.81. The van der Waals surface area contributed by atoms with Crippen LogP contribution in [0.25, 0.3) is 0 Å². The highest BCUT2D eigenvalue weighted by Crippen LogP contribution is 2.26. The molecule has 0 saturated heterocycles. The highest BCUT2D eigenvalue weighted by molar-refractivity contribution is 5.81. The van der Waals surface area contributed by atoms with E-state index < -0.39 is 0 Å². The van der Waals surface area contributed by atoms with Crippen molar-refractivity contribution < 1.29 is 4.79 Å². The van der Waals surface area contributed by atoms with Gasteiger partial charge in [-0.15, -0.1) is 0 Å². The number of hydrogen-bond acceptors (Lipinski definition) is 2. The normalized spacial score (nSPS) is 28.9. The standard InChI is InChI=1S/C13H23NO/c1-14(12-7-3-4-8-12)10-11-6-2-5-9-13(11)15/h11-12H,2-10H2,1H3. The van der Waals surface area contributed by atoms with Crippen LogP contribution in [0, 0.1) is 5.92 Å². The maximum absolute atomic E-state index is 11.7. The van der Waals surface area contributed by atoms with Gasteiger partial charge < -0.3 is 4.90 Å². The molecule has 0 spiro atoms. The van der Waals surface area contributed by atoms with Crippen LogP contribution in [0.2, 0.25) is 0 Å². The fourth-order valence-electron chi connectivity index (χ4n) is 3.09. The Bertz CT molecular complexity index is 221. The van der Waals surface area contributed by atoms with Gasteiger partial charge in [0.05, 0.1) is 0 Å². The second kappa shape index (κ2) is 5.11. The van der Waals surface area contributed by atoms with Crippen molar-refractivity contribution in [2.24, 2.45) is 5.92 Å². The Labute approximate surface area is 93.0 Å². The van der Waals surface area contributed by atoms with Gasteiger partial charge in [-0.25, -0.2) is 0 Å². The molecule has 2 aliphatic rings. The van der Waals surface area contributed by atoms with E-state index in [0.717, 1.165) is 31.8 Å². The van der Waals surface area contributed by atoms with Gasteiger partial charge in [-0.1, -0.05) is 19.3 Å². The van der Waals surface area contributed by atoms with Crippen LogP contribution in [0.5, 0.6) is 0 Å². The van der Waals surface area contributed by atoms with E-state index in [9.17, 15) is 4.79 Å². The van der Waals surface area contributed by atoms with Crippen molar-refractivity contribution in [2.45, 2.75) is 57.4 Å². The third kappa shape index (κ3) is 2.81. The lowest BCUT2D eigenvalue weighted by Crippen LogP contribution is -2.37. The minimum Gasteiger partial charge on any atom is -0.303 e. The third-order valence-electron chi connectivity index (χ3n) is 4.14. The molecule has 0 aliphatic heterocycles. The zero-order chi connectivity index (χ0) is 10.7. The fourth-order valence-corrected chi connectivity index (χ4v) is 3.09. The molecule has 0 bridgehead atoms. The number of carbonyl (C=O) groups excluding carboxylic acids is 1. The highest BCUT2D eigenvalue weighted by atomic mass is 16.1. The average molecular weight is 209 g/mol. The Morgan fingerprint density at radius 2 is 1.80 bits per heavy atom. The largest absolute Gasteiger partial charge is 0.303 e. The highest BCUT2D eigenvalue weighted by Gasteiger charge is 2.27. The van der Waals surface area contributed by atoms with Gasteiger partial charge >= 0.3 is 0 Å². The first-order valence-electron chi connectivity index (χ1n) is 6.50. The molecule has 2 fully saturated rings. The van der Waals surface area contributed by atoms with Gasteiger partial charge in [0.2, 0.25) is 0 Å². The minimum absolute atomic E-state index is 0.351. The molecule has 0 aromatic carbocycles. The molecule has 0 amide bonds. The lowest BCUT2D eigenvalue weighted by Gasteiger charge is -2.29. The summed E-state index contributed by atoms with van der Waals surface area (Å²) in [5, 5.41) is 0. The van der Waals surface area contributed by atoms with Crippen LogP contribution in [0.1, 0.15) is 51.4 Å². The lowest BCUT2D eigenvalue weighted by atomic mass is 9.87. The van der Waals surface area contributed by atoms with Crippen LogP contribution in [-0.2, 0) is 4.79 Å². The summed E-state index contributed by atoms with van der Waals surface area (Å²) < 4.78 is 0. The Morgan fingerprint density at radius 3 is 2.47 bits per heavy atom. The number of rotatable bonds is 3. The Hall–Kier alpha value is -0.370. The molecule has 86 valence electrons. The van der Waals surface area contributed by atoms with Crippen LogP contribution in [0.3, 0.4) is 0 Å². The van der Waals surface area contributed by atoms with Crippen LogP contribution < -0.4 is 0 Å². The van der Waals surface area contributed by atoms with Crippen molar-refractivity contribution in [3.8, 4) is 0 Å². The molecule has 1 unspecified atom stereocenters. The molecule has 2 aliphatic carbocycles. The molecule has 0 radical (unpaired) electrons. The zero-order valence-corrected chi connectivity index (χ0v) is 9.87. The number of ketones is 1. The van der Waals surface area contributed by atoms with E-state index in [4.69, 9.17) is 0 Å². The lowest BCUT2D eigenvalue weighted by molar-refractivity contribution is -0.125. The molecule has 0 aromatic rings. The predicted molar refractivity (Wildman–Crippen MR) is 61.9 cm³/mol. The summed E-state index contributed by atoms with van der Waals surface area (Å²) in [5.74, 6) is 0.871. The summed E-state index contributed by atoms with van der Waals surface area (Å²) >= 11 is 0. The quantitative estimate of drug-likeness (QED) is 0.712. The van der Waals surface area contributed by atoms with Gasteiger partial charge in [0, 0.05) is 24.9 Å². The van der Waals surface area contributed by atoms with Gasteiger partial charge in [0.25, 0.3) is 0 Å². The van der Waals surface area contributed by atoms with E-state index in [1.54, 1.807) is 0 Å². The van der Waals surface area contributed by atoms with E-state index in [-0.39, 0.29) is 0 Å². The van der Waals surface area contributed by atoms with Crippen molar-refractivity contribution in [1.29, 1.82) is 0 Å². The van der Waals surface area contributed by atoms with Crippen LogP contribution in [-0.4, -0.2) is 30.3 Å². The number of hydrogen-bond donors (Lipinski definition) is 0. The molecule has 2 heteroatoms. The molecule has 0 aromatic heterocycles. The smallest absolute Gasteiger partial charge is 0.137 e. The van der Waals surface area contributed by atoms with E-state index in [2.05, 4.69) is 11.9 Å². The second-order valence-corrected chi connectivity index (χ2v) is 5.29. The molecule has 15 heavy (non-hydrogen) atoms. The molecular formula is C13H23NO. The molecule has 2 rings (SSSR count). The summed E-state index contributed by atoms with van der Waals surface area (Å²) in [5.41, 5.74) is 0. The Kier molecular flexibility index (Phi) is 3.79. The van der Waals surface area contributed by atoms with E-state index in [1.165, 1.54) is 32.1 Å². The molecular weight excluding hydrogens is 186 g/mol. The zero-order valence-electron chi connectivity index (χ0n) is 9.87. The maximum atomic E-state index is 11.7. The fraction of sp³-hybridized carbons (Fsp3) is 0.923. The first-order chi connectivity index (χ1) is 7.27. The first kappa shape index (κ1) is 11.1. The second-order valence-electron chi connectivity index (χ2n) is 5.29. The number of nitrogens with zero attached hydrogens (tertiary/aromatic N) is 1. The molecule has 0 N–H and O–H groups in total. The van der Waals surface area contributed by atoms with Gasteiger partial charge in [-0.3, -0.25) is 4.79 Å². The van der Waals surface area contributed by atoms with E-state index >= 15 is 0 Å². The molecule has 2 nitrogen and oxygen atoms in total. The number of carbonyl (C=O) groups is 1. The van der Waals surface area contributed by atoms with E-state index in [0.29, 0.717) is 11.7 Å². The summed E-state index contributed by atoms with van der Waals surface area (Å²) in [7, 11) is 2.21. The Morgan fingerprint density at radius 1 is 1.13 bits per heavy atom. The predicted octanol–water partition coefficient (Wildman–Crippen LogP) is 2.62.